The van der Waals surface area contributed by atoms with E-state index in [1.54, 1.807) is 6.92 Å². The average molecular weight is 1060 g/mol. The molecule has 6 saturated heterocycles. The van der Waals surface area contributed by atoms with Gasteiger partial charge in [0, 0.05) is 17.8 Å². The Morgan fingerprint density at radius 2 is 1.19 bits per heavy atom. The number of aliphatic hydroxyl groups is 13. The minimum absolute atomic E-state index is 0.0136. The Kier molecular flexibility index (Phi) is 15.3. The molecule has 0 aromatic carbocycles. The van der Waals surface area contributed by atoms with Crippen molar-refractivity contribution in [3.8, 4) is 0 Å². The van der Waals surface area contributed by atoms with E-state index in [4.69, 9.17) is 47.4 Å². The summed E-state index contributed by atoms with van der Waals surface area (Å²) in [5, 5.41) is 144. The number of hydrogen-bond acceptors (Lipinski definition) is 23. The zero-order chi connectivity index (χ0) is 53.5. The summed E-state index contributed by atoms with van der Waals surface area (Å²) < 4.78 is 61.3. The quantitative estimate of drug-likeness (QED) is 0.104. The Balaban J connectivity index is 0.842. The van der Waals surface area contributed by atoms with Gasteiger partial charge in [0.05, 0.1) is 49.3 Å². The zero-order valence-electron chi connectivity index (χ0n) is 43.1. The molecule has 6 aliphatic heterocycles. The highest BCUT2D eigenvalue weighted by Crippen LogP contribution is 2.72. The van der Waals surface area contributed by atoms with Gasteiger partial charge in [-0.25, -0.2) is 0 Å². The molecular formula is C51H82O23. The molecule has 23 heteroatoms. The first kappa shape index (κ1) is 56.1. The zero-order valence-corrected chi connectivity index (χ0v) is 43.1. The maximum Gasteiger partial charge on any atom is 0.200 e. The fourth-order valence-corrected chi connectivity index (χ4v) is 15.5. The Hall–Kier alpha value is -1.18. The second-order valence-corrected chi connectivity index (χ2v) is 24.4. The normalized spacial score (nSPS) is 59.6. The Bertz CT molecular complexity index is 2040. The van der Waals surface area contributed by atoms with Crippen LogP contribution in [0.15, 0.2) is 11.6 Å². The Labute approximate surface area is 430 Å². The molecular weight excluding hydrogens is 981 g/mol. The molecule has 9 fully saturated rings. The van der Waals surface area contributed by atoms with Crippen molar-refractivity contribution >= 4 is 0 Å². The van der Waals surface area contributed by atoms with Crippen LogP contribution in [0, 0.1) is 34.5 Å². The maximum absolute atomic E-state index is 12.9. The van der Waals surface area contributed by atoms with Crippen molar-refractivity contribution in [2.45, 2.75) is 258 Å². The van der Waals surface area contributed by atoms with Gasteiger partial charge in [-0.1, -0.05) is 32.4 Å². The molecule has 6 heterocycles. The van der Waals surface area contributed by atoms with Crippen LogP contribution in [0.3, 0.4) is 0 Å². The smallest absolute Gasteiger partial charge is 0.200 e. The third-order valence-electron chi connectivity index (χ3n) is 20.0. The highest BCUT2D eigenvalue weighted by Gasteiger charge is 2.78. The summed E-state index contributed by atoms with van der Waals surface area (Å²) in [6, 6.07) is 0. The highest BCUT2D eigenvalue weighted by molar-refractivity contribution is 5.29. The fraction of sp³-hybridized carbons (Fsp3) is 0.961. The van der Waals surface area contributed by atoms with Crippen molar-refractivity contribution in [2.24, 2.45) is 34.5 Å². The van der Waals surface area contributed by atoms with Crippen LogP contribution in [0.25, 0.3) is 0 Å². The van der Waals surface area contributed by atoms with Crippen molar-refractivity contribution in [1.29, 1.82) is 0 Å². The SMILES string of the molecule is CC1OC(OC2C(C)OC(OC3C(CO)OC(OC4CCC5(C)C(=CCC6C5CCC5(C)C6CC6OC7(OCC(C)(O)CC7O)C(C)C65O)C4)C(OC4OC(C)C(O)C(O)C4O)C3O)C(O)C2O)C(O)C(O)C1O. The molecule has 4 aliphatic carbocycles. The maximum atomic E-state index is 12.9. The summed E-state index contributed by atoms with van der Waals surface area (Å²) in [7, 11) is 0. The van der Waals surface area contributed by atoms with Crippen molar-refractivity contribution < 1.29 is 114 Å². The van der Waals surface area contributed by atoms with Crippen LogP contribution in [-0.4, -0.2) is 238 Å². The largest absolute Gasteiger partial charge is 0.394 e. The minimum Gasteiger partial charge on any atom is -0.394 e. The third-order valence-corrected chi connectivity index (χ3v) is 20.0. The lowest BCUT2D eigenvalue weighted by Gasteiger charge is -2.60. The van der Waals surface area contributed by atoms with Crippen LogP contribution in [0.1, 0.15) is 99.8 Å². The fourth-order valence-electron chi connectivity index (χ4n) is 15.5. The Morgan fingerprint density at radius 1 is 0.608 bits per heavy atom. The van der Waals surface area contributed by atoms with E-state index in [1.807, 2.05) is 6.92 Å². The van der Waals surface area contributed by atoms with Crippen LogP contribution in [0.2, 0.25) is 0 Å². The summed E-state index contributed by atoms with van der Waals surface area (Å²) in [4.78, 5) is 0. The molecule has 32 atom stereocenters. The van der Waals surface area contributed by atoms with Crippen LogP contribution in [0.5, 0.6) is 0 Å². The van der Waals surface area contributed by atoms with E-state index >= 15 is 0 Å². The Morgan fingerprint density at radius 3 is 1.80 bits per heavy atom. The molecule has 3 saturated carbocycles. The predicted molar refractivity (Wildman–Crippen MR) is 248 cm³/mol. The summed E-state index contributed by atoms with van der Waals surface area (Å²) in [6.07, 6.45) is -25.5. The summed E-state index contributed by atoms with van der Waals surface area (Å²) in [6.45, 7) is 11.6. The van der Waals surface area contributed by atoms with Crippen LogP contribution in [0.4, 0.5) is 0 Å². The number of hydrogen-bond donors (Lipinski definition) is 13. The molecule has 0 aromatic rings. The second kappa shape index (κ2) is 20.1. The molecule has 32 unspecified atom stereocenters. The van der Waals surface area contributed by atoms with Gasteiger partial charge >= 0.3 is 0 Å². The molecule has 10 aliphatic rings. The van der Waals surface area contributed by atoms with Crippen LogP contribution in [-0.2, 0) is 47.4 Å². The molecule has 23 nitrogen and oxygen atoms in total. The van der Waals surface area contributed by atoms with Crippen molar-refractivity contribution in [1.82, 2.24) is 0 Å². The minimum atomic E-state index is -1.88. The van der Waals surface area contributed by atoms with Crippen LogP contribution < -0.4 is 0 Å². The first-order chi connectivity index (χ1) is 34.7. The first-order valence-corrected chi connectivity index (χ1v) is 26.8. The van der Waals surface area contributed by atoms with Gasteiger partial charge < -0.3 is 114 Å². The lowest BCUT2D eigenvalue weighted by atomic mass is 9.46. The number of fused-ring (bicyclic) bond motifs is 7. The monoisotopic (exact) mass is 1060 g/mol. The van der Waals surface area contributed by atoms with E-state index in [1.165, 1.54) is 26.3 Å². The van der Waals surface area contributed by atoms with E-state index < -0.39 is 176 Å². The van der Waals surface area contributed by atoms with Crippen molar-refractivity contribution in [2.75, 3.05) is 13.2 Å². The highest BCUT2D eigenvalue weighted by atomic mass is 16.8. The predicted octanol–water partition coefficient (Wildman–Crippen LogP) is -2.71. The van der Waals surface area contributed by atoms with Gasteiger partial charge in [0.15, 0.2) is 25.2 Å². The number of rotatable bonds is 9. The van der Waals surface area contributed by atoms with Crippen molar-refractivity contribution in [3.05, 3.63) is 11.6 Å². The molecule has 0 amide bonds. The van der Waals surface area contributed by atoms with Crippen LogP contribution >= 0.6 is 0 Å². The van der Waals surface area contributed by atoms with E-state index in [0.29, 0.717) is 19.3 Å². The number of ether oxygens (including phenoxy) is 10. The molecule has 0 bridgehead atoms. The van der Waals surface area contributed by atoms with E-state index in [9.17, 15) is 66.4 Å². The number of aliphatic hydroxyl groups excluding tert-OH is 11. The number of allylic oxidation sites excluding steroid dienone is 1. The van der Waals surface area contributed by atoms with Gasteiger partial charge in [0.25, 0.3) is 0 Å². The van der Waals surface area contributed by atoms with Gasteiger partial charge in [-0.2, -0.15) is 0 Å². The standard InChI is InChI=1S/C51H82O23/c1-19-31(54)33(56)36(59)43(66-19)71-40-21(3)68-45(38(61)35(40)58)72-41-28(17-52)70-46(42(39(41)62)73-44-37(60)34(57)32(55)20(2)67-44)69-24-10-12-48(6)23(14-24)8-9-25-26(48)11-13-49(7)27(25)15-30-50(49,64)22(4)51(74-30)29(53)16-47(5,63)18-65-51/h8,19-22,24-46,52-64H,9-18H2,1-7H3. The average Bonchev–Trinajstić information content (AvgIpc) is 3.72. The van der Waals surface area contributed by atoms with Gasteiger partial charge in [-0.05, 0) is 95.8 Å². The van der Waals surface area contributed by atoms with Crippen molar-refractivity contribution in [3.63, 3.8) is 0 Å². The van der Waals surface area contributed by atoms with Gasteiger partial charge in [-0.3, -0.25) is 0 Å². The lowest BCUT2D eigenvalue weighted by molar-refractivity contribution is -0.394. The van der Waals surface area contributed by atoms with Gasteiger partial charge in [0.1, 0.15) is 91.1 Å². The molecule has 424 valence electrons. The molecule has 1 spiro atoms. The molecule has 0 radical (unpaired) electrons. The van der Waals surface area contributed by atoms with E-state index in [0.717, 1.165) is 25.7 Å². The summed E-state index contributed by atoms with van der Waals surface area (Å²) in [5.74, 6) is -1.36. The van der Waals surface area contributed by atoms with E-state index in [2.05, 4.69) is 19.9 Å². The lowest BCUT2D eigenvalue weighted by Crippen LogP contribution is -2.67. The molecule has 10 rings (SSSR count). The summed E-state index contributed by atoms with van der Waals surface area (Å²) in [5.41, 5.74) is -2.05. The van der Waals surface area contributed by atoms with E-state index in [-0.39, 0.29) is 36.2 Å². The topological polar surface area (TPSA) is 355 Å². The summed E-state index contributed by atoms with van der Waals surface area (Å²) >= 11 is 0. The molecule has 13 N–H and O–H groups in total. The van der Waals surface area contributed by atoms with Gasteiger partial charge in [0.2, 0.25) is 5.79 Å². The molecule has 74 heavy (non-hydrogen) atoms. The second-order valence-electron chi connectivity index (χ2n) is 24.4. The first-order valence-electron chi connectivity index (χ1n) is 26.8. The molecule has 0 aromatic heterocycles. The third kappa shape index (κ3) is 8.82. The van der Waals surface area contributed by atoms with Gasteiger partial charge in [-0.15, -0.1) is 0 Å².